The molecule has 0 aliphatic heterocycles. The molecule has 19 heavy (non-hydrogen) atoms. The summed E-state index contributed by atoms with van der Waals surface area (Å²) in [5, 5.41) is 0. The van der Waals surface area contributed by atoms with Gasteiger partial charge in [-0.05, 0) is 44.9 Å². The molecular weight excluding hydrogens is 347 g/mol. The van der Waals surface area contributed by atoms with Gasteiger partial charge in [-0.1, -0.05) is 68.5 Å². The normalized spacial score (nSPS) is 29.4. The zero-order chi connectivity index (χ0) is 14.1. The van der Waals surface area contributed by atoms with Crippen molar-refractivity contribution >= 4 is 22.6 Å². The van der Waals surface area contributed by atoms with E-state index in [1.165, 1.54) is 68.6 Å². The Morgan fingerprint density at radius 3 is 2.37 bits per heavy atom. The summed E-state index contributed by atoms with van der Waals surface area (Å²) in [5.74, 6) is 0.958. The summed E-state index contributed by atoms with van der Waals surface area (Å²) in [7, 11) is 0. The van der Waals surface area contributed by atoms with Gasteiger partial charge in [-0.3, -0.25) is 0 Å². The van der Waals surface area contributed by atoms with Crippen LogP contribution in [0.2, 0.25) is 0 Å². The molecule has 0 N–H and O–H groups in total. The SMILES string of the molecule is CCCCCCC(C)OC1(CI)CCC(CC)CC1. The smallest absolute Gasteiger partial charge is 0.0775 e. The molecule has 1 unspecified atom stereocenters. The van der Waals surface area contributed by atoms with Gasteiger partial charge in [-0.15, -0.1) is 0 Å². The largest absolute Gasteiger partial charge is 0.371 e. The fraction of sp³-hybridized carbons (Fsp3) is 1.00. The number of hydrogen-bond donors (Lipinski definition) is 0. The highest BCUT2D eigenvalue weighted by Gasteiger charge is 2.35. The lowest BCUT2D eigenvalue weighted by atomic mass is 9.78. The van der Waals surface area contributed by atoms with Crippen LogP contribution < -0.4 is 0 Å². The van der Waals surface area contributed by atoms with Gasteiger partial charge in [0.15, 0.2) is 0 Å². The molecule has 114 valence electrons. The van der Waals surface area contributed by atoms with Crippen LogP contribution in [0.1, 0.15) is 85.0 Å². The Morgan fingerprint density at radius 2 is 1.84 bits per heavy atom. The Hall–Kier alpha value is 0.690. The highest BCUT2D eigenvalue weighted by Crippen LogP contribution is 2.38. The van der Waals surface area contributed by atoms with E-state index in [-0.39, 0.29) is 5.60 Å². The van der Waals surface area contributed by atoms with E-state index in [0.717, 1.165) is 5.92 Å². The summed E-state index contributed by atoms with van der Waals surface area (Å²) in [6.45, 7) is 6.89. The number of halogens is 1. The molecule has 0 aromatic carbocycles. The van der Waals surface area contributed by atoms with E-state index in [0.29, 0.717) is 6.10 Å². The van der Waals surface area contributed by atoms with Crippen molar-refractivity contribution in [2.75, 3.05) is 4.43 Å². The monoisotopic (exact) mass is 380 g/mol. The molecule has 0 saturated heterocycles. The van der Waals surface area contributed by atoms with Gasteiger partial charge in [0.1, 0.15) is 0 Å². The van der Waals surface area contributed by atoms with Gasteiger partial charge in [0.2, 0.25) is 0 Å². The minimum absolute atomic E-state index is 0.205. The topological polar surface area (TPSA) is 9.23 Å². The average Bonchev–Trinajstić information content (AvgIpc) is 2.44. The maximum absolute atomic E-state index is 6.49. The second-order valence-electron chi connectivity index (χ2n) is 6.45. The van der Waals surface area contributed by atoms with Gasteiger partial charge in [0.05, 0.1) is 11.7 Å². The molecule has 0 radical (unpaired) electrons. The molecule has 1 aliphatic rings. The minimum atomic E-state index is 0.205. The first-order valence-corrected chi connectivity index (χ1v) is 9.92. The predicted octanol–water partition coefficient (Wildman–Crippen LogP) is 6.14. The Balaban J connectivity index is 2.31. The molecule has 1 fully saturated rings. The molecular formula is C17H33IO. The Kier molecular flexibility index (Phi) is 8.96. The summed E-state index contributed by atoms with van der Waals surface area (Å²) in [5.41, 5.74) is 0.205. The predicted molar refractivity (Wildman–Crippen MR) is 93.2 cm³/mol. The van der Waals surface area contributed by atoms with Crippen LogP contribution in [0, 0.1) is 5.92 Å². The molecule has 0 heterocycles. The molecule has 0 amide bonds. The molecule has 1 saturated carbocycles. The van der Waals surface area contributed by atoms with Crippen molar-refractivity contribution in [3.8, 4) is 0 Å². The highest BCUT2D eigenvalue weighted by molar-refractivity contribution is 14.1. The third kappa shape index (κ3) is 6.33. The van der Waals surface area contributed by atoms with E-state index in [4.69, 9.17) is 4.74 Å². The van der Waals surface area contributed by atoms with Gasteiger partial charge in [-0.25, -0.2) is 0 Å². The first-order chi connectivity index (χ1) is 9.15. The van der Waals surface area contributed by atoms with Crippen LogP contribution in [0.5, 0.6) is 0 Å². The van der Waals surface area contributed by atoms with Crippen molar-refractivity contribution in [3.63, 3.8) is 0 Å². The van der Waals surface area contributed by atoms with Crippen LogP contribution in [0.3, 0.4) is 0 Å². The van der Waals surface area contributed by atoms with Crippen LogP contribution in [0.4, 0.5) is 0 Å². The van der Waals surface area contributed by atoms with Gasteiger partial charge in [0, 0.05) is 4.43 Å². The van der Waals surface area contributed by atoms with E-state index in [1.807, 2.05) is 0 Å². The summed E-state index contributed by atoms with van der Waals surface area (Å²) in [6.07, 6.45) is 13.8. The molecule has 1 aliphatic carbocycles. The third-order valence-corrected chi connectivity index (χ3v) is 6.14. The fourth-order valence-corrected chi connectivity index (χ4v) is 4.18. The van der Waals surface area contributed by atoms with Crippen molar-refractivity contribution in [3.05, 3.63) is 0 Å². The van der Waals surface area contributed by atoms with Crippen LogP contribution in [0.25, 0.3) is 0 Å². The van der Waals surface area contributed by atoms with E-state index in [2.05, 4.69) is 43.4 Å². The molecule has 0 spiro atoms. The zero-order valence-corrected chi connectivity index (χ0v) is 15.4. The standard InChI is InChI=1S/C17H33IO/c1-4-6-7-8-9-15(3)19-17(14-18)12-10-16(5-2)11-13-17/h15-16H,4-14H2,1-3H3. The Bertz CT molecular complexity index is 221. The maximum atomic E-state index is 6.49. The summed E-state index contributed by atoms with van der Waals surface area (Å²) in [6, 6.07) is 0. The highest BCUT2D eigenvalue weighted by atomic mass is 127. The molecule has 1 rings (SSSR count). The number of rotatable bonds is 9. The van der Waals surface area contributed by atoms with E-state index >= 15 is 0 Å². The first kappa shape index (κ1) is 17.7. The van der Waals surface area contributed by atoms with Crippen LogP contribution in [0.15, 0.2) is 0 Å². The maximum Gasteiger partial charge on any atom is 0.0775 e. The lowest BCUT2D eigenvalue weighted by Gasteiger charge is -2.40. The number of hydrogen-bond acceptors (Lipinski definition) is 1. The number of alkyl halides is 1. The van der Waals surface area contributed by atoms with Gasteiger partial charge in [-0.2, -0.15) is 0 Å². The summed E-state index contributed by atoms with van der Waals surface area (Å²) >= 11 is 2.54. The van der Waals surface area contributed by atoms with Crippen molar-refractivity contribution in [1.29, 1.82) is 0 Å². The summed E-state index contributed by atoms with van der Waals surface area (Å²) < 4.78 is 7.66. The molecule has 1 atom stereocenters. The lowest BCUT2D eigenvalue weighted by Crippen LogP contribution is -2.41. The van der Waals surface area contributed by atoms with Crippen molar-refractivity contribution < 1.29 is 4.74 Å². The minimum Gasteiger partial charge on any atom is -0.371 e. The molecule has 1 nitrogen and oxygen atoms in total. The summed E-state index contributed by atoms with van der Waals surface area (Å²) in [4.78, 5) is 0. The van der Waals surface area contributed by atoms with Gasteiger partial charge in [0.25, 0.3) is 0 Å². The lowest BCUT2D eigenvalue weighted by molar-refractivity contribution is -0.0993. The van der Waals surface area contributed by atoms with Crippen molar-refractivity contribution in [2.24, 2.45) is 5.92 Å². The van der Waals surface area contributed by atoms with Crippen LogP contribution in [-0.2, 0) is 4.74 Å². The Morgan fingerprint density at radius 1 is 1.16 bits per heavy atom. The molecule has 2 heteroatoms. The first-order valence-electron chi connectivity index (χ1n) is 8.39. The molecule has 0 aromatic rings. The number of unbranched alkanes of at least 4 members (excludes halogenated alkanes) is 3. The third-order valence-electron chi connectivity index (χ3n) is 4.75. The van der Waals surface area contributed by atoms with Gasteiger partial charge >= 0.3 is 0 Å². The van der Waals surface area contributed by atoms with E-state index in [9.17, 15) is 0 Å². The van der Waals surface area contributed by atoms with Crippen LogP contribution >= 0.6 is 22.6 Å². The quantitative estimate of drug-likeness (QED) is 0.265. The van der Waals surface area contributed by atoms with Crippen molar-refractivity contribution in [2.45, 2.75) is 96.7 Å². The van der Waals surface area contributed by atoms with E-state index < -0.39 is 0 Å². The fourth-order valence-electron chi connectivity index (χ4n) is 3.24. The Labute approximate surface area is 134 Å². The number of ether oxygens (including phenoxy) is 1. The second-order valence-corrected chi connectivity index (χ2v) is 7.21. The second kappa shape index (κ2) is 9.59. The van der Waals surface area contributed by atoms with E-state index in [1.54, 1.807) is 0 Å². The van der Waals surface area contributed by atoms with Crippen LogP contribution in [-0.4, -0.2) is 16.1 Å². The van der Waals surface area contributed by atoms with Gasteiger partial charge < -0.3 is 4.74 Å². The zero-order valence-electron chi connectivity index (χ0n) is 13.2. The van der Waals surface area contributed by atoms with Crippen molar-refractivity contribution in [1.82, 2.24) is 0 Å². The average molecular weight is 380 g/mol. The molecule has 0 bridgehead atoms. The molecule has 0 aromatic heterocycles.